The summed E-state index contributed by atoms with van der Waals surface area (Å²) in [4.78, 5) is 4.29. The first-order valence-corrected chi connectivity index (χ1v) is 8.04. The molecule has 0 saturated carbocycles. The minimum atomic E-state index is 0.772. The van der Waals surface area contributed by atoms with Gasteiger partial charge in [0.25, 0.3) is 0 Å². The number of hydrazone groups is 1. The molecule has 0 amide bonds. The summed E-state index contributed by atoms with van der Waals surface area (Å²) in [7, 11) is 3.89. The normalized spacial score (nSPS) is 16.2. The van der Waals surface area contributed by atoms with Gasteiger partial charge in [-0.15, -0.1) is 10.6 Å². The van der Waals surface area contributed by atoms with Crippen molar-refractivity contribution in [3.8, 4) is 11.5 Å². The molecule has 128 valence electrons. The van der Waals surface area contributed by atoms with Crippen molar-refractivity contribution in [2.45, 2.75) is 0 Å². The molecule has 7 nitrogen and oxygen atoms in total. The molecule has 2 aromatic rings. The molecule has 0 saturated heterocycles. The fraction of sp³-hybridized carbons (Fsp3) is 0.167. The fourth-order valence-electron chi connectivity index (χ4n) is 2.72. The molecule has 2 aliphatic rings. The van der Waals surface area contributed by atoms with Crippen molar-refractivity contribution in [2.24, 2.45) is 5.10 Å². The largest absolute Gasteiger partial charge is 0.457 e. The van der Waals surface area contributed by atoms with Crippen LogP contribution in [0.1, 0.15) is 0 Å². The Labute approximate surface area is 146 Å². The summed E-state index contributed by atoms with van der Waals surface area (Å²) < 4.78 is 6.06. The predicted molar refractivity (Wildman–Crippen MR) is 99.1 cm³/mol. The number of hydrogen-bond acceptors (Lipinski definition) is 7. The summed E-state index contributed by atoms with van der Waals surface area (Å²) in [6.07, 6.45) is 5.84. The zero-order valence-electron chi connectivity index (χ0n) is 14.2. The first kappa shape index (κ1) is 15.3. The quantitative estimate of drug-likeness (QED) is 0.926. The summed E-state index contributed by atoms with van der Waals surface area (Å²) in [5.74, 6) is 1.58. The minimum absolute atomic E-state index is 0.772. The second-order valence-corrected chi connectivity index (χ2v) is 5.99. The van der Waals surface area contributed by atoms with Crippen molar-refractivity contribution in [1.29, 1.82) is 0 Å². The molecular weight excluding hydrogens is 316 g/mol. The monoisotopic (exact) mass is 336 g/mol. The third kappa shape index (κ3) is 3.36. The molecule has 0 bridgehead atoms. The number of nitrogens with zero attached hydrogens (tertiary/aromatic N) is 5. The SMILES string of the molecule is CN1C=CN(c2cccc(Oc3cccc(N4C=NN(C)N4)c3)c2)C1. The van der Waals surface area contributed by atoms with E-state index in [0.717, 1.165) is 29.5 Å². The average Bonchev–Trinajstić information content (AvgIpc) is 3.24. The van der Waals surface area contributed by atoms with E-state index in [9.17, 15) is 0 Å². The minimum Gasteiger partial charge on any atom is -0.457 e. The standard InChI is InChI=1S/C18H20N6O/c1-21-9-10-23(14-21)15-5-3-7-17(11-15)25-18-8-4-6-16(12-18)24-13-19-22(2)20-24/h3-13,20H,14H2,1-2H3. The Morgan fingerprint density at radius 1 is 0.960 bits per heavy atom. The molecular formula is C18H20N6O. The van der Waals surface area contributed by atoms with E-state index in [1.54, 1.807) is 11.5 Å². The number of nitrogens with one attached hydrogen (secondary N) is 1. The molecule has 1 N–H and O–H groups in total. The van der Waals surface area contributed by atoms with Crippen molar-refractivity contribution in [2.75, 3.05) is 30.7 Å². The van der Waals surface area contributed by atoms with Crippen LogP contribution in [0.25, 0.3) is 0 Å². The molecule has 7 heteroatoms. The molecule has 2 aromatic carbocycles. The van der Waals surface area contributed by atoms with Gasteiger partial charge in [0.15, 0.2) is 0 Å². The molecule has 0 aromatic heterocycles. The summed E-state index contributed by atoms with van der Waals surface area (Å²) in [6, 6.07) is 15.9. The summed E-state index contributed by atoms with van der Waals surface area (Å²) in [6.45, 7) is 0.840. The average molecular weight is 336 g/mol. The predicted octanol–water partition coefficient (Wildman–Crippen LogP) is 2.77. The summed E-state index contributed by atoms with van der Waals surface area (Å²) in [5.41, 5.74) is 5.13. The van der Waals surface area contributed by atoms with Crippen LogP contribution in [-0.4, -0.2) is 37.1 Å². The molecule has 0 fully saturated rings. The smallest absolute Gasteiger partial charge is 0.133 e. The number of anilines is 2. The van der Waals surface area contributed by atoms with E-state index >= 15 is 0 Å². The van der Waals surface area contributed by atoms with Gasteiger partial charge in [-0.1, -0.05) is 12.1 Å². The van der Waals surface area contributed by atoms with Gasteiger partial charge in [0.05, 0.1) is 12.4 Å². The lowest BCUT2D eigenvalue weighted by Gasteiger charge is -2.19. The number of hydrazine groups is 2. The molecule has 0 spiro atoms. The van der Waals surface area contributed by atoms with E-state index in [2.05, 4.69) is 45.9 Å². The highest BCUT2D eigenvalue weighted by atomic mass is 16.5. The maximum absolute atomic E-state index is 6.06. The van der Waals surface area contributed by atoms with Crippen LogP contribution in [0.4, 0.5) is 11.4 Å². The molecule has 4 rings (SSSR count). The highest BCUT2D eigenvalue weighted by molar-refractivity contribution is 5.79. The van der Waals surface area contributed by atoms with Crippen LogP contribution in [0.5, 0.6) is 11.5 Å². The molecule has 25 heavy (non-hydrogen) atoms. The van der Waals surface area contributed by atoms with Crippen LogP contribution in [0.3, 0.4) is 0 Å². The van der Waals surface area contributed by atoms with Crippen molar-refractivity contribution in [3.63, 3.8) is 0 Å². The van der Waals surface area contributed by atoms with Crippen molar-refractivity contribution in [3.05, 3.63) is 60.9 Å². The third-order valence-electron chi connectivity index (χ3n) is 3.95. The van der Waals surface area contributed by atoms with Gasteiger partial charge in [-0.2, -0.15) is 0 Å². The lowest BCUT2D eigenvalue weighted by Crippen LogP contribution is -2.38. The van der Waals surface area contributed by atoms with Crippen LogP contribution in [0, 0.1) is 0 Å². The number of hydrogen-bond donors (Lipinski definition) is 1. The second-order valence-electron chi connectivity index (χ2n) is 5.99. The van der Waals surface area contributed by atoms with Gasteiger partial charge in [-0.05, 0) is 24.3 Å². The number of benzene rings is 2. The van der Waals surface area contributed by atoms with Crippen LogP contribution in [0.15, 0.2) is 66.0 Å². The lowest BCUT2D eigenvalue weighted by molar-refractivity contribution is 0.279. The highest BCUT2D eigenvalue weighted by Crippen LogP contribution is 2.29. The lowest BCUT2D eigenvalue weighted by atomic mass is 10.2. The second kappa shape index (κ2) is 6.37. The third-order valence-corrected chi connectivity index (χ3v) is 3.95. The van der Waals surface area contributed by atoms with Gasteiger partial charge < -0.3 is 14.5 Å². The van der Waals surface area contributed by atoms with E-state index in [0.29, 0.717) is 0 Å². The van der Waals surface area contributed by atoms with Gasteiger partial charge in [0.2, 0.25) is 0 Å². The molecule has 0 unspecified atom stereocenters. The van der Waals surface area contributed by atoms with Crippen LogP contribution >= 0.6 is 0 Å². The van der Waals surface area contributed by atoms with Crippen LogP contribution in [0.2, 0.25) is 0 Å². The molecule has 2 heterocycles. The Hall–Kier alpha value is -3.19. The number of ether oxygens (including phenoxy) is 1. The summed E-state index contributed by atoms with van der Waals surface area (Å²) in [5, 5.41) is 7.60. The van der Waals surface area contributed by atoms with Gasteiger partial charge in [0.1, 0.15) is 17.8 Å². The van der Waals surface area contributed by atoms with Crippen molar-refractivity contribution >= 4 is 17.7 Å². The molecule has 0 atom stereocenters. The van der Waals surface area contributed by atoms with E-state index in [1.165, 1.54) is 0 Å². The van der Waals surface area contributed by atoms with Gasteiger partial charge in [0, 0.05) is 44.3 Å². The van der Waals surface area contributed by atoms with Gasteiger partial charge in [-0.3, -0.25) is 0 Å². The fourth-order valence-corrected chi connectivity index (χ4v) is 2.72. The van der Waals surface area contributed by atoms with Gasteiger partial charge in [-0.25, -0.2) is 10.1 Å². The Morgan fingerprint density at radius 2 is 1.68 bits per heavy atom. The first-order chi connectivity index (χ1) is 12.2. The van der Waals surface area contributed by atoms with E-state index < -0.39 is 0 Å². The van der Waals surface area contributed by atoms with E-state index in [4.69, 9.17) is 4.74 Å². The molecule has 2 aliphatic heterocycles. The topological polar surface area (TPSA) is 46.6 Å². The Bertz CT molecular complexity index is 753. The zero-order chi connectivity index (χ0) is 17.2. The van der Waals surface area contributed by atoms with Crippen molar-refractivity contribution < 1.29 is 4.74 Å². The van der Waals surface area contributed by atoms with Gasteiger partial charge >= 0.3 is 0 Å². The first-order valence-electron chi connectivity index (χ1n) is 8.04. The Morgan fingerprint density at radius 3 is 2.32 bits per heavy atom. The Balaban J connectivity index is 1.51. The maximum atomic E-state index is 6.06. The zero-order valence-corrected chi connectivity index (χ0v) is 14.2. The summed E-state index contributed by atoms with van der Waals surface area (Å²) >= 11 is 0. The molecule has 0 radical (unpaired) electrons. The molecule has 0 aliphatic carbocycles. The van der Waals surface area contributed by atoms with E-state index in [1.807, 2.05) is 54.5 Å². The van der Waals surface area contributed by atoms with Crippen molar-refractivity contribution in [1.82, 2.24) is 15.6 Å². The maximum Gasteiger partial charge on any atom is 0.133 e. The highest BCUT2D eigenvalue weighted by Gasteiger charge is 2.13. The number of rotatable bonds is 4. The van der Waals surface area contributed by atoms with E-state index in [-0.39, 0.29) is 0 Å². The Kier molecular flexibility index (Phi) is 3.91. The van der Waals surface area contributed by atoms with Crippen LogP contribution in [-0.2, 0) is 0 Å². The van der Waals surface area contributed by atoms with Crippen LogP contribution < -0.4 is 20.2 Å².